The standard InChI is InChI=1S/C15H20F2N4OS/c1-11(13-3-2-12(16)10-14(13)17)19-20-15(23)18-4-5-21-6-8-22-9-7-21/h2-3,10H,4-9H2,1H3,(H2,18,20,23)/p+1/b19-11-. The zero-order chi connectivity index (χ0) is 16.7. The minimum Gasteiger partial charge on any atom is -0.370 e. The molecule has 1 aliphatic rings. The Hall–Kier alpha value is -1.64. The molecule has 0 aromatic heterocycles. The van der Waals surface area contributed by atoms with Gasteiger partial charge in [0.15, 0.2) is 5.11 Å². The van der Waals surface area contributed by atoms with Crippen molar-refractivity contribution < 1.29 is 18.4 Å². The molecule has 0 radical (unpaired) electrons. The molecule has 0 aliphatic carbocycles. The lowest BCUT2D eigenvalue weighted by Gasteiger charge is -2.23. The van der Waals surface area contributed by atoms with Gasteiger partial charge in [0.05, 0.1) is 32.0 Å². The number of halogens is 2. The van der Waals surface area contributed by atoms with Gasteiger partial charge < -0.3 is 15.0 Å². The van der Waals surface area contributed by atoms with E-state index in [-0.39, 0.29) is 5.56 Å². The summed E-state index contributed by atoms with van der Waals surface area (Å²) in [7, 11) is 0. The lowest BCUT2D eigenvalue weighted by Crippen LogP contribution is -3.14. The summed E-state index contributed by atoms with van der Waals surface area (Å²) in [5, 5.41) is 7.46. The number of quaternary nitrogens is 1. The second kappa shape index (κ2) is 8.85. The van der Waals surface area contributed by atoms with Crippen molar-refractivity contribution in [2.24, 2.45) is 5.10 Å². The van der Waals surface area contributed by atoms with Crippen LogP contribution in [0.1, 0.15) is 12.5 Å². The Morgan fingerprint density at radius 1 is 1.35 bits per heavy atom. The van der Waals surface area contributed by atoms with Crippen LogP contribution in [0.2, 0.25) is 0 Å². The van der Waals surface area contributed by atoms with Gasteiger partial charge in [-0.3, -0.25) is 5.43 Å². The number of nitrogens with one attached hydrogen (secondary N) is 3. The molecule has 8 heteroatoms. The molecule has 5 nitrogen and oxygen atoms in total. The SMILES string of the molecule is C/C(=N/NC(=S)NCC[NH+]1CCOCC1)c1ccc(F)cc1F. The summed E-state index contributed by atoms with van der Waals surface area (Å²) in [6, 6.07) is 3.37. The maximum atomic E-state index is 13.6. The van der Waals surface area contributed by atoms with Crippen molar-refractivity contribution in [1.29, 1.82) is 0 Å². The molecule has 1 aromatic rings. The number of nitrogens with zero attached hydrogens (tertiary/aromatic N) is 1. The van der Waals surface area contributed by atoms with Crippen LogP contribution in [0.3, 0.4) is 0 Å². The van der Waals surface area contributed by atoms with Gasteiger partial charge in [-0.15, -0.1) is 0 Å². The summed E-state index contributed by atoms with van der Waals surface area (Å²) >= 11 is 5.13. The van der Waals surface area contributed by atoms with E-state index in [4.69, 9.17) is 17.0 Å². The Morgan fingerprint density at radius 3 is 2.78 bits per heavy atom. The molecule has 0 saturated carbocycles. The van der Waals surface area contributed by atoms with Crippen LogP contribution in [0.4, 0.5) is 8.78 Å². The number of hydrogen-bond acceptors (Lipinski definition) is 3. The average molecular weight is 343 g/mol. The van der Waals surface area contributed by atoms with Gasteiger partial charge in [0.2, 0.25) is 0 Å². The van der Waals surface area contributed by atoms with Crippen molar-refractivity contribution in [1.82, 2.24) is 10.7 Å². The van der Waals surface area contributed by atoms with Gasteiger partial charge in [0.1, 0.15) is 24.7 Å². The largest absolute Gasteiger partial charge is 0.370 e. The summed E-state index contributed by atoms with van der Waals surface area (Å²) in [5.41, 5.74) is 3.30. The molecule has 1 heterocycles. The lowest BCUT2D eigenvalue weighted by atomic mass is 10.1. The molecule has 1 aliphatic heterocycles. The minimum atomic E-state index is -0.650. The van der Waals surface area contributed by atoms with Crippen molar-refractivity contribution in [2.45, 2.75) is 6.92 Å². The van der Waals surface area contributed by atoms with Crippen molar-refractivity contribution in [3.05, 3.63) is 35.4 Å². The molecule has 2 rings (SSSR count). The maximum Gasteiger partial charge on any atom is 0.187 e. The Bertz CT molecular complexity index is 577. The Morgan fingerprint density at radius 2 is 2.09 bits per heavy atom. The van der Waals surface area contributed by atoms with Crippen molar-refractivity contribution in [3.8, 4) is 0 Å². The zero-order valence-corrected chi connectivity index (χ0v) is 13.8. The Balaban J connectivity index is 1.75. The third-order valence-electron chi connectivity index (χ3n) is 3.61. The molecule has 0 bridgehead atoms. The van der Waals surface area contributed by atoms with E-state index < -0.39 is 11.6 Å². The monoisotopic (exact) mass is 343 g/mol. The van der Waals surface area contributed by atoms with Gasteiger partial charge in [-0.1, -0.05) is 0 Å². The molecular formula is C15H21F2N4OS+. The Kier molecular flexibility index (Phi) is 6.82. The van der Waals surface area contributed by atoms with E-state index >= 15 is 0 Å². The average Bonchev–Trinajstić information content (AvgIpc) is 2.53. The van der Waals surface area contributed by atoms with Crippen molar-refractivity contribution in [3.63, 3.8) is 0 Å². The fourth-order valence-electron chi connectivity index (χ4n) is 2.28. The molecule has 1 fully saturated rings. The quantitative estimate of drug-likeness (QED) is 0.402. The predicted molar refractivity (Wildman–Crippen MR) is 88.7 cm³/mol. The number of hydrazone groups is 1. The van der Waals surface area contributed by atoms with Crippen LogP contribution in [0, 0.1) is 11.6 Å². The van der Waals surface area contributed by atoms with E-state index in [1.54, 1.807) is 6.92 Å². The van der Waals surface area contributed by atoms with Crippen LogP contribution in [0.25, 0.3) is 0 Å². The van der Waals surface area contributed by atoms with Crippen LogP contribution in [0.15, 0.2) is 23.3 Å². The van der Waals surface area contributed by atoms with Crippen molar-refractivity contribution >= 4 is 23.0 Å². The molecule has 0 atom stereocenters. The number of thiocarbonyl (C=S) groups is 1. The molecule has 3 N–H and O–H groups in total. The van der Waals surface area contributed by atoms with Gasteiger partial charge in [0.25, 0.3) is 0 Å². The second-order valence-corrected chi connectivity index (χ2v) is 5.71. The number of hydrogen-bond donors (Lipinski definition) is 3. The molecule has 0 amide bonds. The number of benzene rings is 1. The van der Waals surface area contributed by atoms with E-state index in [1.807, 2.05) is 0 Å². The minimum absolute atomic E-state index is 0.236. The number of rotatable bonds is 5. The van der Waals surface area contributed by atoms with Crippen LogP contribution >= 0.6 is 12.2 Å². The van der Waals surface area contributed by atoms with E-state index in [2.05, 4.69) is 15.8 Å². The van der Waals surface area contributed by atoms with Crippen LogP contribution in [-0.4, -0.2) is 50.2 Å². The van der Waals surface area contributed by atoms with E-state index in [0.717, 1.165) is 45.5 Å². The highest BCUT2D eigenvalue weighted by Gasteiger charge is 2.13. The van der Waals surface area contributed by atoms with Gasteiger partial charge in [-0.05, 0) is 31.3 Å². The molecule has 0 unspecified atom stereocenters. The summed E-state index contributed by atoms with van der Waals surface area (Å²) in [5.74, 6) is -1.27. The van der Waals surface area contributed by atoms with E-state index in [0.29, 0.717) is 10.8 Å². The molecule has 23 heavy (non-hydrogen) atoms. The zero-order valence-electron chi connectivity index (χ0n) is 13.0. The second-order valence-electron chi connectivity index (χ2n) is 5.30. The lowest BCUT2D eigenvalue weighted by molar-refractivity contribution is -0.906. The van der Waals surface area contributed by atoms with Crippen LogP contribution in [-0.2, 0) is 4.74 Å². The van der Waals surface area contributed by atoms with Crippen LogP contribution < -0.4 is 15.6 Å². The molecule has 1 saturated heterocycles. The predicted octanol–water partition coefficient (Wildman–Crippen LogP) is 0.0680. The maximum absolute atomic E-state index is 13.6. The van der Waals surface area contributed by atoms with Gasteiger partial charge >= 0.3 is 0 Å². The summed E-state index contributed by atoms with van der Waals surface area (Å²) < 4.78 is 31.8. The first-order valence-corrected chi connectivity index (χ1v) is 7.92. The van der Waals surface area contributed by atoms with Crippen LogP contribution in [0.5, 0.6) is 0 Å². The summed E-state index contributed by atoms with van der Waals surface area (Å²) in [6.07, 6.45) is 0. The van der Waals surface area contributed by atoms with E-state index in [9.17, 15) is 8.78 Å². The highest BCUT2D eigenvalue weighted by molar-refractivity contribution is 7.80. The molecule has 1 aromatic carbocycles. The molecule has 0 spiro atoms. The highest BCUT2D eigenvalue weighted by Crippen LogP contribution is 2.10. The fraction of sp³-hybridized carbons (Fsp3) is 0.467. The molecular weight excluding hydrogens is 322 g/mol. The fourth-order valence-corrected chi connectivity index (χ4v) is 2.43. The van der Waals surface area contributed by atoms with E-state index in [1.165, 1.54) is 17.0 Å². The smallest absolute Gasteiger partial charge is 0.187 e. The first-order valence-electron chi connectivity index (χ1n) is 7.51. The van der Waals surface area contributed by atoms with Gasteiger partial charge in [-0.2, -0.15) is 5.10 Å². The van der Waals surface area contributed by atoms with Crippen molar-refractivity contribution in [2.75, 3.05) is 39.4 Å². The highest BCUT2D eigenvalue weighted by atomic mass is 32.1. The first kappa shape index (κ1) is 17.7. The normalized spacial score (nSPS) is 16.2. The van der Waals surface area contributed by atoms with Gasteiger partial charge in [-0.25, -0.2) is 8.78 Å². The third-order valence-corrected chi connectivity index (χ3v) is 3.85. The number of morpholine rings is 1. The Labute approximate surface area is 139 Å². The summed E-state index contributed by atoms with van der Waals surface area (Å²) in [4.78, 5) is 1.47. The topological polar surface area (TPSA) is 50.1 Å². The summed E-state index contributed by atoms with van der Waals surface area (Å²) in [6.45, 7) is 6.90. The number of ether oxygens (including phenoxy) is 1. The molecule has 126 valence electrons. The van der Waals surface area contributed by atoms with Gasteiger partial charge in [0, 0.05) is 11.6 Å². The first-order chi connectivity index (χ1) is 11.1. The third kappa shape index (κ3) is 5.81.